The molecule has 108 valence electrons. The Morgan fingerprint density at radius 1 is 0.810 bits per heavy atom. The molecule has 4 nitrogen and oxygen atoms in total. The first-order valence-corrected chi connectivity index (χ1v) is 7.62. The molecule has 21 heavy (non-hydrogen) atoms. The molecule has 0 aromatic heterocycles. The van der Waals surface area contributed by atoms with Crippen LogP contribution in [0.25, 0.3) is 0 Å². The Morgan fingerprint density at radius 2 is 1.38 bits per heavy atom. The van der Waals surface area contributed by atoms with Gasteiger partial charge in [0.25, 0.3) is 11.8 Å². The summed E-state index contributed by atoms with van der Waals surface area (Å²) in [6.07, 6.45) is 0. The van der Waals surface area contributed by atoms with Crippen LogP contribution < -0.4 is 10.6 Å². The van der Waals surface area contributed by atoms with Crippen molar-refractivity contribution in [2.45, 2.75) is 0 Å². The first-order chi connectivity index (χ1) is 10.2. The van der Waals surface area contributed by atoms with Crippen LogP contribution in [0.15, 0.2) is 54.6 Å². The van der Waals surface area contributed by atoms with E-state index in [1.807, 2.05) is 36.4 Å². The van der Waals surface area contributed by atoms with E-state index >= 15 is 0 Å². The van der Waals surface area contributed by atoms with Crippen LogP contribution in [0.2, 0.25) is 0 Å². The van der Waals surface area contributed by atoms with Gasteiger partial charge < -0.3 is 10.6 Å². The van der Waals surface area contributed by atoms with Crippen LogP contribution in [-0.2, 0) is 0 Å². The van der Waals surface area contributed by atoms with E-state index < -0.39 is 0 Å². The number of hydrogen-bond acceptors (Lipinski definition) is 2. The summed E-state index contributed by atoms with van der Waals surface area (Å²) in [5.41, 5.74) is 1.26. The number of carbonyl (C=O) groups excluding carboxylic acids is 2. The lowest BCUT2D eigenvalue weighted by Crippen LogP contribution is -2.34. The molecule has 0 aliphatic rings. The Hall–Kier alpha value is -1.89. The van der Waals surface area contributed by atoms with Gasteiger partial charge in [0.1, 0.15) is 0 Å². The summed E-state index contributed by atoms with van der Waals surface area (Å²) in [4.78, 5) is 23.7. The monoisotopic (exact) mass is 394 g/mol. The molecule has 0 saturated heterocycles. The van der Waals surface area contributed by atoms with Gasteiger partial charge in [-0.25, -0.2) is 0 Å². The van der Waals surface area contributed by atoms with Crippen LogP contribution in [0.1, 0.15) is 20.7 Å². The van der Waals surface area contributed by atoms with Crippen molar-refractivity contribution >= 4 is 34.4 Å². The van der Waals surface area contributed by atoms with E-state index in [1.165, 1.54) is 0 Å². The third-order valence-corrected chi connectivity index (χ3v) is 3.79. The molecule has 0 aliphatic heterocycles. The fourth-order valence-corrected chi connectivity index (χ4v) is 2.42. The lowest BCUT2D eigenvalue weighted by molar-refractivity contribution is 0.0927. The number of halogens is 1. The Kier molecular flexibility index (Phi) is 5.74. The van der Waals surface area contributed by atoms with Gasteiger partial charge >= 0.3 is 0 Å². The molecule has 0 atom stereocenters. The van der Waals surface area contributed by atoms with Crippen LogP contribution in [0, 0.1) is 3.57 Å². The average molecular weight is 394 g/mol. The maximum Gasteiger partial charge on any atom is 0.252 e. The van der Waals surface area contributed by atoms with E-state index in [-0.39, 0.29) is 11.8 Å². The zero-order valence-corrected chi connectivity index (χ0v) is 13.5. The van der Waals surface area contributed by atoms with Crippen LogP contribution in [-0.4, -0.2) is 24.9 Å². The summed E-state index contributed by atoms with van der Waals surface area (Å²) in [5, 5.41) is 5.55. The molecule has 0 heterocycles. The second kappa shape index (κ2) is 7.78. The van der Waals surface area contributed by atoms with Crippen LogP contribution in [0.3, 0.4) is 0 Å². The van der Waals surface area contributed by atoms with Gasteiger partial charge in [0.05, 0.1) is 5.56 Å². The van der Waals surface area contributed by atoms with Gasteiger partial charge in [-0.2, -0.15) is 0 Å². The molecule has 2 N–H and O–H groups in total. The summed E-state index contributed by atoms with van der Waals surface area (Å²) in [6.45, 7) is 0.783. The maximum absolute atomic E-state index is 12.0. The van der Waals surface area contributed by atoms with E-state index in [9.17, 15) is 9.59 Å². The Bertz CT molecular complexity index is 629. The number of carbonyl (C=O) groups is 2. The van der Waals surface area contributed by atoms with Crippen molar-refractivity contribution < 1.29 is 9.59 Å². The Morgan fingerprint density at radius 3 is 2.05 bits per heavy atom. The minimum atomic E-state index is -0.140. The molecule has 2 aromatic rings. The average Bonchev–Trinajstić information content (AvgIpc) is 2.52. The highest BCUT2D eigenvalue weighted by molar-refractivity contribution is 14.1. The highest BCUT2D eigenvalue weighted by Gasteiger charge is 2.08. The molecular weight excluding hydrogens is 379 g/mol. The quantitative estimate of drug-likeness (QED) is 0.605. The van der Waals surface area contributed by atoms with E-state index in [4.69, 9.17) is 0 Å². The third kappa shape index (κ3) is 4.56. The lowest BCUT2D eigenvalue weighted by Gasteiger charge is -2.08. The minimum Gasteiger partial charge on any atom is -0.350 e. The molecule has 2 aromatic carbocycles. The van der Waals surface area contributed by atoms with Crippen molar-refractivity contribution in [3.63, 3.8) is 0 Å². The smallest absolute Gasteiger partial charge is 0.252 e. The molecule has 0 spiro atoms. The van der Waals surface area contributed by atoms with Gasteiger partial charge in [-0.3, -0.25) is 9.59 Å². The number of benzene rings is 2. The number of rotatable bonds is 5. The van der Waals surface area contributed by atoms with Crippen molar-refractivity contribution in [2.75, 3.05) is 13.1 Å². The highest BCUT2D eigenvalue weighted by Crippen LogP contribution is 2.10. The number of hydrogen-bond donors (Lipinski definition) is 2. The van der Waals surface area contributed by atoms with E-state index in [1.54, 1.807) is 18.2 Å². The van der Waals surface area contributed by atoms with Crippen molar-refractivity contribution in [1.82, 2.24) is 10.6 Å². The molecule has 2 amide bonds. The van der Waals surface area contributed by atoms with Gasteiger partial charge in [0, 0.05) is 22.2 Å². The molecule has 0 aliphatic carbocycles. The minimum absolute atomic E-state index is 0.131. The predicted molar refractivity (Wildman–Crippen MR) is 90.3 cm³/mol. The van der Waals surface area contributed by atoms with Gasteiger partial charge in [-0.05, 0) is 46.9 Å². The van der Waals surface area contributed by atoms with Crippen molar-refractivity contribution in [2.24, 2.45) is 0 Å². The SMILES string of the molecule is O=C(NCCNC(=O)c1ccccc1I)c1ccccc1. The maximum atomic E-state index is 12.0. The zero-order chi connectivity index (χ0) is 15.1. The summed E-state index contributed by atoms with van der Waals surface area (Å²) in [5.74, 6) is -0.270. The molecule has 2 rings (SSSR count). The predicted octanol–water partition coefficient (Wildman–Crippen LogP) is 2.45. The van der Waals surface area contributed by atoms with Crippen molar-refractivity contribution in [3.8, 4) is 0 Å². The summed E-state index contributed by atoms with van der Waals surface area (Å²) >= 11 is 2.12. The molecular formula is C16H15IN2O2. The molecule has 0 saturated carbocycles. The molecule has 5 heteroatoms. The van der Waals surface area contributed by atoms with Crippen LogP contribution >= 0.6 is 22.6 Å². The van der Waals surface area contributed by atoms with E-state index in [2.05, 4.69) is 33.2 Å². The first kappa shape index (κ1) is 15.5. The summed E-state index contributed by atoms with van der Waals surface area (Å²) < 4.78 is 0.904. The first-order valence-electron chi connectivity index (χ1n) is 6.54. The largest absolute Gasteiger partial charge is 0.350 e. The molecule has 0 fully saturated rings. The topological polar surface area (TPSA) is 58.2 Å². The van der Waals surface area contributed by atoms with Gasteiger partial charge in [-0.15, -0.1) is 0 Å². The van der Waals surface area contributed by atoms with E-state index in [0.29, 0.717) is 24.2 Å². The van der Waals surface area contributed by atoms with Crippen LogP contribution in [0.5, 0.6) is 0 Å². The third-order valence-electron chi connectivity index (χ3n) is 2.85. The summed E-state index contributed by atoms with van der Waals surface area (Å²) in [7, 11) is 0. The van der Waals surface area contributed by atoms with Crippen LogP contribution in [0.4, 0.5) is 0 Å². The van der Waals surface area contributed by atoms with Gasteiger partial charge in [0.15, 0.2) is 0 Å². The standard InChI is InChI=1S/C16H15IN2O2/c17-14-9-5-4-8-13(14)16(21)19-11-10-18-15(20)12-6-2-1-3-7-12/h1-9H,10-11H2,(H,18,20)(H,19,21). The van der Waals surface area contributed by atoms with Gasteiger partial charge in [-0.1, -0.05) is 30.3 Å². The lowest BCUT2D eigenvalue weighted by atomic mass is 10.2. The molecule has 0 radical (unpaired) electrons. The zero-order valence-electron chi connectivity index (χ0n) is 11.3. The normalized spacial score (nSPS) is 9.95. The second-order valence-corrected chi connectivity index (χ2v) is 5.52. The second-order valence-electron chi connectivity index (χ2n) is 4.36. The Balaban J connectivity index is 1.76. The molecule has 0 unspecified atom stereocenters. The highest BCUT2D eigenvalue weighted by atomic mass is 127. The number of amides is 2. The summed E-state index contributed by atoms with van der Waals surface area (Å²) in [6, 6.07) is 16.4. The van der Waals surface area contributed by atoms with E-state index in [0.717, 1.165) is 3.57 Å². The Labute approximate surface area is 137 Å². The van der Waals surface area contributed by atoms with Gasteiger partial charge in [0.2, 0.25) is 0 Å². The van der Waals surface area contributed by atoms with Crippen molar-refractivity contribution in [3.05, 3.63) is 69.3 Å². The fourth-order valence-electron chi connectivity index (χ4n) is 1.78. The molecule has 0 bridgehead atoms. The van der Waals surface area contributed by atoms with Crippen molar-refractivity contribution in [1.29, 1.82) is 0 Å². The number of nitrogens with one attached hydrogen (secondary N) is 2. The fraction of sp³-hybridized carbons (Fsp3) is 0.125.